The number of anilines is 2. The fourth-order valence-electron chi connectivity index (χ4n) is 2.84. The van der Waals surface area contributed by atoms with Crippen molar-refractivity contribution in [1.29, 1.82) is 0 Å². The number of benzene rings is 1. The highest BCUT2D eigenvalue weighted by Crippen LogP contribution is 2.31. The second-order valence-corrected chi connectivity index (χ2v) is 6.34. The first-order valence-corrected chi connectivity index (χ1v) is 8.58. The van der Waals surface area contributed by atoms with Gasteiger partial charge in [0.05, 0.1) is 12.0 Å². The Labute approximate surface area is 146 Å². The van der Waals surface area contributed by atoms with Crippen molar-refractivity contribution in [2.24, 2.45) is 0 Å². The lowest BCUT2D eigenvalue weighted by molar-refractivity contribution is -0.0298. The van der Waals surface area contributed by atoms with Gasteiger partial charge < -0.3 is 15.2 Å². The zero-order valence-corrected chi connectivity index (χ0v) is 14.4. The molecule has 4 rings (SSSR count). The minimum Gasteiger partial charge on any atom is -0.506 e. The van der Waals surface area contributed by atoms with E-state index >= 15 is 0 Å². The SMILES string of the molecule is Oc1ccccc1Nc1nc(Br)nc2c1ncn2C1CCCCO1. The van der Waals surface area contributed by atoms with E-state index in [0.29, 0.717) is 27.4 Å². The highest BCUT2D eigenvalue weighted by Gasteiger charge is 2.21. The standard InChI is InChI=1S/C16H16BrN5O2/c17-16-20-14(19-10-5-1-2-6-11(10)23)13-15(21-16)22(9-18-13)12-7-3-4-8-24-12/h1-2,5-6,9,12,23H,3-4,7-8H2,(H,19,20,21). The van der Waals surface area contributed by atoms with Gasteiger partial charge in [-0.3, -0.25) is 4.57 Å². The van der Waals surface area contributed by atoms with Crippen LogP contribution >= 0.6 is 15.9 Å². The summed E-state index contributed by atoms with van der Waals surface area (Å²) < 4.78 is 8.23. The number of hydrogen-bond donors (Lipinski definition) is 2. The molecule has 124 valence electrons. The van der Waals surface area contributed by atoms with E-state index in [2.05, 4.69) is 36.2 Å². The zero-order valence-electron chi connectivity index (χ0n) is 12.8. The number of halogens is 1. The quantitative estimate of drug-likeness (QED) is 0.524. The molecule has 1 atom stereocenters. The number of nitrogens with zero attached hydrogens (tertiary/aromatic N) is 4. The van der Waals surface area contributed by atoms with Crippen molar-refractivity contribution in [1.82, 2.24) is 19.5 Å². The fraction of sp³-hybridized carbons (Fsp3) is 0.312. The molecule has 8 heteroatoms. The van der Waals surface area contributed by atoms with Gasteiger partial charge in [-0.05, 0) is 47.3 Å². The Hall–Kier alpha value is -2.19. The van der Waals surface area contributed by atoms with Gasteiger partial charge >= 0.3 is 0 Å². The van der Waals surface area contributed by atoms with E-state index in [1.54, 1.807) is 24.5 Å². The van der Waals surface area contributed by atoms with Crippen molar-refractivity contribution in [3.05, 3.63) is 35.3 Å². The molecule has 0 aliphatic carbocycles. The Balaban J connectivity index is 1.76. The summed E-state index contributed by atoms with van der Waals surface area (Å²) in [5.74, 6) is 0.679. The van der Waals surface area contributed by atoms with Gasteiger partial charge in [-0.1, -0.05) is 12.1 Å². The van der Waals surface area contributed by atoms with E-state index in [4.69, 9.17) is 4.74 Å². The molecule has 1 aliphatic heterocycles. The molecule has 7 nitrogen and oxygen atoms in total. The van der Waals surface area contributed by atoms with E-state index in [-0.39, 0.29) is 12.0 Å². The summed E-state index contributed by atoms with van der Waals surface area (Å²) in [4.78, 5) is 13.3. The largest absolute Gasteiger partial charge is 0.506 e. The van der Waals surface area contributed by atoms with Crippen molar-refractivity contribution in [2.45, 2.75) is 25.5 Å². The van der Waals surface area contributed by atoms with Crippen LogP contribution in [-0.2, 0) is 4.74 Å². The van der Waals surface area contributed by atoms with Crippen molar-refractivity contribution in [3.8, 4) is 5.75 Å². The van der Waals surface area contributed by atoms with Gasteiger partial charge in [-0.2, -0.15) is 0 Å². The molecule has 1 aliphatic rings. The summed E-state index contributed by atoms with van der Waals surface area (Å²) in [5.41, 5.74) is 1.89. The average Bonchev–Trinajstić information content (AvgIpc) is 3.01. The Kier molecular flexibility index (Phi) is 4.07. The number of aromatic hydroxyl groups is 1. The molecule has 3 aromatic rings. The number of imidazole rings is 1. The first-order chi connectivity index (χ1) is 11.7. The molecule has 1 unspecified atom stereocenters. The first-order valence-electron chi connectivity index (χ1n) is 7.79. The summed E-state index contributed by atoms with van der Waals surface area (Å²) in [5, 5.41) is 13.1. The van der Waals surface area contributed by atoms with E-state index < -0.39 is 0 Å². The topological polar surface area (TPSA) is 85.1 Å². The molecule has 0 spiro atoms. The number of nitrogens with one attached hydrogen (secondary N) is 1. The lowest BCUT2D eigenvalue weighted by Gasteiger charge is -2.23. The summed E-state index contributed by atoms with van der Waals surface area (Å²) in [6.07, 6.45) is 4.83. The number of aromatic nitrogens is 4. The van der Waals surface area contributed by atoms with Crippen molar-refractivity contribution >= 4 is 38.6 Å². The van der Waals surface area contributed by atoms with E-state index in [1.807, 2.05) is 10.6 Å². The maximum Gasteiger partial charge on any atom is 0.200 e. The average molecular weight is 390 g/mol. The van der Waals surface area contributed by atoms with Crippen LogP contribution in [0.4, 0.5) is 11.5 Å². The zero-order chi connectivity index (χ0) is 16.5. The molecular formula is C16H16BrN5O2. The Morgan fingerprint density at radius 1 is 1.25 bits per heavy atom. The van der Waals surface area contributed by atoms with E-state index in [0.717, 1.165) is 25.9 Å². The molecule has 2 N–H and O–H groups in total. The maximum atomic E-state index is 9.96. The smallest absolute Gasteiger partial charge is 0.200 e. The van der Waals surface area contributed by atoms with Gasteiger partial charge in [0.15, 0.2) is 17.0 Å². The Morgan fingerprint density at radius 2 is 2.12 bits per heavy atom. The minimum atomic E-state index is -0.0523. The highest BCUT2D eigenvalue weighted by molar-refractivity contribution is 9.10. The Morgan fingerprint density at radius 3 is 2.92 bits per heavy atom. The second kappa shape index (κ2) is 6.37. The van der Waals surface area contributed by atoms with Crippen molar-refractivity contribution in [2.75, 3.05) is 11.9 Å². The van der Waals surface area contributed by atoms with Crippen LogP contribution in [0.1, 0.15) is 25.5 Å². The molecule has 1 saturated heterocycles. The van der Waals surface area contributed by atoms with Crippen LogP contribution < -0.4 is 5.32 Å². The molecule has 1 fully saturated rings. The van der Waals surface area contributed by atoms with Crippen LogP contribution in [0.15, 0.2) is 35.3 Å². The lowest BCUT2D eigenvalue weighted by Crippen LogP contribution is -2.17. The van der Waals surface area contributed by atoms with Crippen LogP contribution in [0.5, 0.6) is 5.75 Å². The van der Waals surface area contributed by atoms with Gasteiger partial charge in [0, 0.05) is 6.61 Å². The monoisotopic (exact) mass is 389 g/mol. The number of fused-ring (bicyclic) bond motifs is 1. The Bertz CT molecular complexity index is 876. The lowest BCUT2D eigenvalue weighted by atomic mass is 10.2. The van der Waals surface area contributed by atoms with Crippen molar-refractivity contribution < 1.29 is 9.84 Å². The van der Waals surface area contributed by atoms with Gasteiger partial charge in [0.25, 0.3) is 0 Å². The molecule has 0 amide bonds. The fourth-order valence-corrected chi connectivity index (χ4v) is 3.18. The molecule has 1 aromatic carbocycles. The normalized spacial score (nSPS) is 18.0. The number of phenols is 1. The summed E-state index contributed by atoms with van der Waals surface area (Å²) in [6.45, 7) is 0.750. The van der Waals surface area contributed by atoms with Crippen LogP contribution in [0.2, 0.25) is 0 Å². The molecular weight excluding hydrogens is 374 g/mol. The predicted molar refractivity (Wildman–Crippen MR) is 93.3 cm³/mol. The molecule has 0 radical (unpaired) electrons. The summed E-state index contributed by atoms with van der Waals surface area (Å²) >= 11 is 3.35. The van der Waals surface area contributed by atoms with Gasteiger partial charge in [0.1, 0.15) is 12.0 Å². The van der Waals surface area contributed by atoms with E-state index in [1.165, 1.54) is 0 Å². The van der Waals surface area contributed by atoms with Gasteiger partial charge in [-0.25, -0.2) is 15.0 Å². The third kappa shape index (κ3) is 2.83. The molecule has 3 heterocycles. The third-order valence-corrected chi connectivity index (χ3v) is 4.37. The summed E-state index contributed by atoms with van der Waals surface area (Å²) in [6, 6.07) is 6.99. The predicted octanol–water partition coefficient (Wildman–Crippen LogP) is 3.74. The number of phenolic OH excluding ortho intramolecular Hbond substituents is 1. The molecule has 24 heavy (non-hydrogen) atoms. The number of ether oxygens (including phenoxy) is 1. The van der Waals surface area contributed by atoms with E-state index in [9.17, 15) is 5.11 Å². The van der Waals surface area contributed by atoms with Crippen LogP contribution in [0.25, 0.3) is 11.2 Å². The first kappa shape index (κ1) is 15.3. The van der Waals surface area contributed by atoms with Crippen LogP contribution in [-0.4, -0.2) is 31.2 Å². The summed E-state index contributed by atoms with van der Waals surface area (Å²) in [7, 11) is 0. The molecule has 2 aromatic heterocycles. The number of rotatable bonds is 3. The number of hydrogen-bond acceptors (Lipinski definition) is 6. The maximum absolute atomic E-state index is 9.96. The number of para-hydroxylation sites is 2. The highest BCUT2D eigenvalue weighted by atomic mass is 79.9. The minimum absolute atomic E-state index is 0.0523. The van der Waals surface area contributed by atoms with Crippen LogP contribution in [0, 0.1) is 0 Å². The third-order valence-electron chi connectivity index (χ3n) is 4.02. The molecule has 0 saturated carbocycles. The van der Waals surface area contributed by atoms with Crippen molar-refractivity contribution in [3.63, 3.8) is 0 Å². The second-order valence-electron chi connectivity index (χ2n) is 5.63. The van der Waals surface area contributed by atoms with Crippen LogP contribution in [0.3, 0.4) is 0 Å². The van der Waals surface area contributed by atoms with Gasteiger partial charge in [0.2, 0.25) is 4.73 Å². The van der Waals surface area contributed by atoms with Gasteiger partial charge in [-0.15, -0.1) is 0 Å². The molecule has 0 bridgehead atoms.